The predicted octanol–water partition coefficient (Wildman–Crippen LogP) is 4.04. The van der Waals surface area contributed by atoms with Gasteiger partial charge in [-0.1, -0.05) is 71.4 Å². The number of nitrogens with one attached hydrogen (secondary N) is 3. The summed E-state index contributed by atoms with van der Waals surface area (Å²) in [4.78, 5) is 87.4. The van der Waals surface area contributed by atoms with Gasteiger partial charge in [-0.05, 0) is 78.5 Å². The molecule has 0 bridgehead atoms. The number of nitrogens with zero attached hydrogens (tertiary/aromatic N) is 3. The van der Waals surface area contributed by atoms with Gasteiger partial charge in [0.05, 0.1) is 54.6 Å². The Morgan fingerprint density at radius 2 is 1.53 bits per heavy atom. The van der Waals surface area contributed by atoms with Crippen LogP contribution in [0.3, 0.4) is 0 Å². The van der Waals surface area contributed by atoms with E-state index >= 15 is 0 Å². The molecular formula is C48H82N6O10. The minimum atomic E-state index is -0.959. The number of likely N-dealkylation sites (tertiary alicyclic amines) is 1. The minimum Gasteiger partial charge on any atom is -0.467 e. The molecule has 0 aromatic heterocycles. The molecule has 4 amide bonds. The SMILES string of the molecule is CC[C@H](C)[C@@H]([C@@H](CC(=O)N1CCCC[C@H]1[C@H](OC)[C@@H](C)C(=O)N[C@@H](Cc1ccccc1)C(=O)OC)OC)N(C)C(=O)[C@@H](NC(=O)C(C)(C)CN(C)COC(=O)C(C)(C)CNC)C(C)C. The zero-order chi connectivity index (χ0) is 48.5. The Balaban J connectivity index is 2.27. The van der Waals surface area contributed by atoms with Crippen molar-refractivity contribution in [2.75, 3.05) is 68.8 Å². The first-order valence-corrected chi connectivity index (χ1v) is 22.9. The maximum atomic E-state index is 14.5. The molecular weight excluding hydrogens is 821 g/mol. The standard InChI is InChI=1S/C48H82N6O10/c1-16-32(4)40(53(12)43(57)39(31(2)3)51-45(59)48(8,9)29-52(11)30-64-46(60)47(6,7)28-49-10)37(61-13)27-38(55)54-25-21-20-24-36(54)41(62-14)33(5)42(56)50-35(44(58)63-15)26-34-22-18-17-19-23-34/h17-19,22-23,31-33,35-37,39-41,49H,16,20-21,24-30H2,1-15H3,(H,50,56)(H,51,59)/t32-,33+,35-,36-,37+,39-,40-,41+/m0/s1. The van der Waals surface area contributed by atoms with Crippen LogP contribution < -0.4 is 16.0 Å². The topological polar surface area (TPSA) is 185 Å². The molecule has 0 radical (unpaired) electrons. The molecule has 16 nitrogen and oxygen atoms in total. The van der Waals surface area contributed by atoms with Crippen molar-refractivity contribution in [3.63, 3.8) is 0 Å². The van der Waals surface area contributed by atoms with Crippen LogP contribution in [-0.4, -0.2) is 155 Å². The number of carbonyl (C=O) groups excluding carboxylic acids is 6. The Morgan fingerprint density at radius 3 is 2.08 bits per heavy atom. The highest BCUT2D eigenvalue weighted by Crippen LogP contribution is 2.30. The molecule has 0 saturated carbocycles. The summed E-state index contributed by atoms with van der Waals surface area (Å²) in [6.07, 6.45) is 1.74. The van der Waals surface area contributed by atoms with Crippen LogP contribution in [0.2, 0.25) is 0 Å². The number of rotatable bonds is 26. The van der Waals surface area contributed by atoms with Crippen LogP contribution in [0.4, 0.5) is 0 Å². The molecule has 1 aliphatic heterocycles. The van der Waals surface area contributed by atoms with Crippen LogP contribution in [-0.2, 0) is 54.1 Å². The molecule has 3 N–H and O–H groups in total. The van der Waals surface area contributed by atoms with Crippen molar-refractivity contribution in [2.45, 2.75) is 137 Å². The fraction of sp³-hybridized carbons (Fsp3) is 0.750. The number of carbonyl (C=O) groups is 6. The summed E-state index contributed by atoms with van der Waals surface area (Å²) in [5, 5.41) is 8.90. The lowest BCUT2D eigenvalue weighted by Gasteiger charge is -2.43. The number of benzene rings is 1. The first-order valence-electron chi connectivity index (χ1n) is 22.9. The monoisotopic (exact) mass is 903 g/mol. The molecule has 16 heteroatoms. The number of amides is 4. The lowest BCUT2D eigenvalue weighted by atomic mass is 9.87. The summed E-state index contributed by atoms with van der Waals surface area (Å²) in [6, 6.07) is 6.60. The van der Waals surface area contributed by atoms with Crippen LogP contribution in [0, 0.1) is 28.6 Å². The van der Waals surface area contributed by atoms with Gasteiger partial charge in [-0.3, -0.25) is 28.9 Å². The maximum Gasteiger partial charge on any atom is 0.328 e. The quantitative estimate of drug-likeness (QED) is 0.0898. The van der Waals surface area contributed by atoms with Gasteiger partial charge in [0.2, 0.25) is 23.6 Å². The number of ether oxygens (including phenoxy) is 4. The smallest absolute Gasteiger partial charge is 0.328 e. The van der Waals surface area contributed by atoms with E-state index in [1.807, 2.05) is 58.0 Å². The van der Waals surface area contributed by atoms with E-state index in [0.29, 0.717) is 25.9 Å². The van der Waals surface area contributed by atoms with Crippen molar-refractivity contribution < 1.29 is 47.7 Å². The predicted molar refractivity (Wildman–Crippen MR) is 247 cm³/mol. The summed E-state index contributed by atoms with van der Waals surface area (Å²) in [6.45, 7) is 17.9. The van der Waals surface area contributed by atoms with E-state index in [1.54, 1.807) is 70.5 Å². The molecule has 1 fully saturated rings. The molecule has 1 aliphatic rings. The second kappa shape index (κ2) is 26.1. The van der Waals surface area contributed by atoms with Gasteiger partial charge in [0, 0.05) is 47.3 Å². The molecule has 1 aromatic carbocycles. The summed E-state index contributed by atoms with van der Waals surface area (Å²) >= 11 is 0. The average molecular weight is 903 g/mol. The van der Waals surface area contributed by atoms with Gasteiger partial charge in [-0.2, -0.15) is 0 Å². The van der Waals surface area contributed by atoms with Gasteiger partial charge in [0.25, 0.3) is 0 Å². The van der Waals surface area contributed by atoms with Gasteiger partial charge in [0.15, 0.2) is 0 Å². The minimum absolute atomic E-state index is 0.00298. The number of methoxy groups -OCH3 is 3. The molecule has 1 heterocycles. The number of piperidine rings is 1. The molecule has 64 heavy (non-hydrogen) atoms. The normalized spacial score (nSPS) is 18.0. The average Bonchev–Trinajstić information content (AvgIpc) is 3.26. The lowest BCUT2D eigenvalue weighted by Crippen LogP contribution is -2.59. The van der Waals surface area contributed by atoms with E-state index in [1.165, 1.54) is 21.3 Å². The van der Waals surface area contributed by atoms with Crippen LogP contribution >= 0.6 is 0 Å². The number of hydrogen-bond donors (Lipinski definition) is 3. The van der Waals surface area contributed by atoms with Crippen LogP contribution in [0.1, 0.15) is 100.0 Å². The van der Waals surface area contributed by atoms with Gasteiger partial charge in [0.1, 0.15) is 18.8 Å². The van der Waals surface area contributed by atoms with E-state index in [0.717, 1.165) is 18.4 Å². The summed E-state index contributed by atoms with van der Waals surface area (Å²) in [5.41, 5.74) is -0.811. The Labute approximate surface area is 383 Å². The van der Waals surface area contributed by atoms with E-state index in [-0.39, 0.29) is 61.6 Å². The highest BCUT2D eigenvalue weighted by Gasteiger charge is 2.43. The molecule has 1 aromatic rings. The fourth-order valence-electron chi connectivity index (χ4n) is 8.70. The number of esters is 2. The van der Waals surface area contributed by atoms with Crippen molar-refractivity contribution in [2.24, 2.45) is 28.6 Å². The van der Waals surface area contributed by atoms with E-state index < -0.39 is 65.0 Å². The largest absolute Gasteiger partial charge is 0.467 e. The molecule has 1 saturated heterocycles. The molecule has 0 unspecified atom stereocenters. The third kappa shape index (κ3) is 15.8. The van der Waals surface area contributed by atoms with Gasteiger partial charge in [-0.25, -0.2) is 4.79 Å². The van der Waals surface area contributed by atoms with Crippen LogP contribution in [0.25, 0.3) is 0 Å². The number of hydrogen-bond acceptors (Lipinski definition) is 12. The van der Waals surface area contributed by atoms with Crippen molar-refractivity contribution in [3.05, 3.63) is 35.9 Å². The highest BCUT2D eigenvalue weighted by atomic mass is 16.5. The van der Waals surface area contributed by atoms with Crippen molar-refractivity contribution >= 4 is 35.6 Å². The third-order valence-corrected chi connectivity index (χ3v) is 12.7. The lowest BCUT2D eigenvalue weighted by molar-refractivity contribution is -0.159. The third-order valence-electron chi connectivity index (χ3n) is 12.7. The van der Waals surface area contributed by atoms with Crippen LogP contribution in [0.15, 0.2) is 30.3 Å². The second-order valence-corrected chi connectivity index (χ2v) is 19.3. The Bertz CT molecular complexity index is 1660. The first-order chi connectivity index (χ1) is 30.0. The summed E-state index contributed by atoms with van der Waals surface area (Å²) in [7, 11) is 9.59. The second-order valence-electron chi connectivity index (χ2n) is 19.3. The zero-order valence-corrected chi connectivity index (χ0v) is 41.6. The maximum absolute atomic E-state index is 14.5. The van der Waals surface area contributed by atoms with Crippen LogP contribution in [0.5, 0.6) is 0 Å². The molecule has 0 aliphatic carbocycles. The van der Waals surface area contributed by atoms with Crippen molar-refractivity contribution in [1.29, 1.82) is 0 Å². The van der Waals surface area contributed by atoms with E-state index in [9.17, 15) is 28.8 Å². The fourth-order valence-corrected chi connectivity index (χ4v) is 8.70. The van der Waals surface area contributed by atoms with Crippen molar-refractivity contribution in [1.82, 2.24) is 30.7 Å². The van der Waals surface area contributed by atoms with E-state index in [4.69, 9.17) is 18.9 Å². The number of likely N-dealkylation sites (N-methyl/N-ethyl adjacent to an activating group) is 1. The molecule has 0 spiro atoms. The Hall–Kier alpha value is -4.12. The summed E-state index contributed by atoms with van der Waals surface area (Å²) in [5.74, 6) is -3.23. The Kier molecular flexibility index (Phi) is 22.9. The zero-order valence-electron chi connectivity index (χ0n) is 41.6. The Morgan fingerprint density at radius 1 is 0.891 bits per heavy atom. The molecule has 364 valence electrons. The molecule has 2 rings (SSSR count). The highest BCUT2D eigenvalue weighted by molar-refractivity contribution is 5.90. The van der Waals surface area contributed by atoms with Gasteiger partial charge in [-0.15, -0.1) is 0 Å². The van der Waals surface area contributed by atoms with Gasteiger partial charge >= 0.3 is 11.9 Å². The van der Waals surface area contributed by atoms with Gasteiger partial charge < -0.3 is 44.7 Å². The molecule has 8 atom stereocenters. The van der Waals surface area contributed by atoms with Crippen molar-refractivity contribution in [3.8, 4) is 0 Å². The first kappa shape index (κ1) is 56.0. The summed E-state index contributed by atoms with van der Waals surface area (Å²) < 4.78 is 22.7. The van der Waals surface area contributed by atoms with E-state index in [2.05, 4.69) is 16.0 Å².